The molecule has 5 rings (SSSR count). The number of nitriles is 1. The Bertz CT molecular complexity index is 1160. The molecule has 2 aromatic rings. The van der Waals surface area contributed by atoms with Crippen molar-refractivity contribution >= 4 is 46.0 Å². The standard InChI is InChI=1S/C24H21ClIN3O4/c25-16-4-6-20-17(13-16)22(30)28-19(23(31)29-24(14-27)7-8-24)12-15-3-5-21(18(26)11-15)33-10-2-1-9-32-20/h1-6,11,13,19H,7-10,12H2,(H,28,30)(H,29,31)/t19-/m0/s1. The number of hydrogen-bond acceptors (Lipinski definition) is 5. The summed E-state index contributed by atoms with van der Waals surface area (Å²) in [6, 6.07) is 11.6. The van der Waals surface area contributed by atoms with E-state index < -0.39 is 23.4 Å². The van der Waals surface area contributed by atoms with Gasteiger partial charge in [-0.1, -0.05) is 17.7 Å². The second-order valence-electron chi connectivity index (χ2n) is 7.91. The van der Waals surface area contributed by atoms with E-state index >= 15 is 0 Å². The molecular weight excluding hydrogens is 557 g/mol. The number of hydrogen-bond donors (Lipinski definition) is 2. The van der Waals surface area contributed by atoms with Gasteiger partial charge in [-0.3, -0.25) is 9.59 Å². The summed E-state index contributed by atoms with van der Waals surface area (Å²) in [6.07, 6.45) is 5.08. The Morgan fingerprint density at radius 1 is 1.15 bits per heavy atom. The van der Waals surface area contributed by atoms with Crippen molar-refractivity contribution in [1.82, 2.24) is 10.6 Å². The molecule has 0 unspecified atom stereocenters. The topological polar surface area (TPSA) is 100 Å². The first-order valence-corrected chi connectivity index (χ1v) is 11.9. The number of ether oxygens (including phenoxy) is 2. The Morgan fingerprint density at radius 2 is 1.85 bits per heavy atom. The fourth-order valence-electron chi connectivity index (χ4n) is 3.40. The van der Waals surface area contributed by atoms with Crippen LogP contribution in [0.15, 0.2) is 48.6 Å². The molecule has 1 fully saturated rings. The van der Waals surface area contributed by atoms with Gasteiger partial charge in [0.1, 0.15) is 36.3 Å². The molecule has 170 valence electrons. The van der Waals surface area contributed by atoms with Crippen LogP contribution in [0.25, 0.3) is 0 Å². The fraction of sp³-hybridized carbons (Fsp3) is 0.292. The van der Waals surface area contributed by atoms with Crippen molar-refractivity contribution in [3.8, 4) is 17.6 Å². The van der Waals surface area contributed by atoms with Crippen LogP contribution in [0.1, 0.15) is 28.8 Å². The van der Waals surface area contributed by atoms with Crippen LogP contribution in [-0.4, -0.2) is 36.6 Å². The van der Waals surface area contributed by atoms with E-state index in [1.54, 1.807) is 18.2 Å². The summed E-state index contributed by atoms with van der Waals surface area (Å²) in [5, 5.41) is 15.4. The minimum Gasteiger partial charge on any atom is -0.489 e. The summed E-state index contributed by atoms with van der Waals surface area (Å²) in [5.74, 6) is 0.178. The van der Waals surface area contributed by atoms with E-state index in [9.17, 15) is 14.9 Å². The molecular formula is C24H21ClIN3O4. The monoisotopic (exact) mass is 577 g/mol. The predicted molar refractivity (Wildman–Crippen MR) is 131 cm³/mol. The summed E-state index contributed by atoms with van der Waals surface area (Å²) >= 11 is 8.31. The van der Waals surface area contributed by atoms with Gasteiger partial charge in [0, 0.05) is 11.4 Å². The van der Waals surface area contributed by atoms with Gasteiger partial charge in [0.2, 0.25) is 5.91 Å². The second-order valence-corrected chi connectivity index (χ2v) is 9.51. The number of benzene rings is 2. The van der Waals surface area contributed by atoms with Crippen molar-refractivity contribution in [2.45, 2.75) is 30.8 Å². The lowest BCUT2D eigenvalue weighted by Gasteiger charge is -2.21. The van der Waals surface area contributed by atoms with Gasteiger partial charge in [0.15, 0.2) is 0 Å². The van der Waals surface area contributed by atoms with Crippen LogP contribution in [0, 0.1) is 14.9 Å². The smallest absolute Gasteiger partial charge is 0.255 e. The average molecular weight is 578 g/mol. The molecule has 2 aliphatic heterocycles. The molecule has 1 atom stereocenters. The summed E-state index contributed by atoms with van der Waals surface area (Å²) in [5.41, 5.74) is 0.224. The van der Waals surface area contributed by atoms with Crippen LogP contribution in [0.3, 0.4) is 0 Å². The molecule has 1 saturated carbocycles. The number of amides is 2. The second kappa shape index (κ2) is 10.0. The highest BCUT2D eigenvalue weighted by molar-refractivity contribution is 14.1. The number of nitrogens with one attached hydrogen (secondary N) is 2. The largest absolute Gasteiger partial charge is 0.489 e. The maximum Gasteiger partial charge on any atom is 0.255 e. The molecule has 0 aromatic heterocycles. The predicted octanol–water partition coefficient (Wildman–Crippen LogP) is 3.79. The van der Waals surface area contributed by atoms with Crippen molar-refractivity contribution < 1.29 is 19.1 Å². The van der Waals surface area contributed by atoms with Gasteiger partial charge >= 0.3 is 0 Å². The molecule has 7 nitrogen and oxygen atoms in total. The normalized spacial score (nSPS) is 19.3. The van der Waals surface area contributed by atoms with Gasteiger partial charge < -0.3 is 20.1 Å². The van der Waals surface area contributed by atoms with Gasteiger partial charge in [-0.05, 0) is 83.5 Å². The van der Waals surface area contributed by atoms with Crippen molar-refractivity contribution in [3.63, 3.8) is 0 Å². The number of nitrogens with zero attached hydrogens (tertiary/aromatic N) is 1. The summed E-state index contributed by atoms with van der Waals surface area (Å²) < 4.78 is 12.4. The van der Waals surface area contributed by atoms with Crippen molar-refractivity contribution in [2.75, 3.05) is 13.2 Å². The van der Waals surface area contributed by atoms with Crippen LogP contribution in [-0.2, 0) is 11.2 Å². The fourth-order valence-corrected chi connectivity index (χ4v) is 4.31. The molecule has 0 saturated heterocycles. The molecule has 2 aromatic carbocycles. The van der Waals surface area contributed by atoms with E-state index in [0.717, 1.165) is 14.9 Å². The lowest BCUT2D eigenvalue weighted by Crippen LogP contribution is -2.51. The van der Waals surface area contributed by atoms with E-state index in [0.29, 0.717) is 30.2 Å². The lowest BCUT2D eigenvalue weighted by atomic mass is 10.0. The number of rotatable bonds is 2. The van der Waals surface area contributed by atoms with Crippen molar-refractivity contribution in [3.05, 3.63) is 68.3 Å². The third-order valence-electron chi connectivity index (χ3n) is 5.41. The Kier molecular flexibility index (Phi) is 7.10. The van der Waals surface area contributed by atoms with E-state index in [1.807, 2.05) is 24.3 Å². The zero-order valence-corrected chi connectivity index (χ0v) is 20.5. The number of carbonyl (C=O) groups is 2. The van der Waals surface area contributed by atoms with Gasteiger partial charge in [-0.15, -0.1) is 0 Å². The zero-order chi connectivity index (χ0) is 23.4. The number of fused-ring (bicyclic) bond motifs is 9. The van der Waals surface area contributed by atoms with Gasteiger partial charge in [0.25, 0.3) is 5.91 Å². The zero-order valence-electron chi connectivity index (χ0n) is 17.6. The molecule has 2 N–H and O–H groups in total. The number of carbonyl (C=O) groups excluding carboxylic acids is 2. The molecule has 33 heavy (non-hydrogen) atoms. The summed E-state index contributed by atoms with van der Waals surface area (Å²) in [4.78, 5) is 26.3. The number of halogens is 2. The molecule has 1 aliphatic carbocycles. The first-order valence-electron chi connectivity index (χ1n) is 10.4. The Hall–Kier alpha value is -2.77. The Balaban J connectivity index is 1.67. The quantitative estimate of drug-likeness (QED) is 0.418. The van der Waals surface area contributed by atoms with Gasteiger partial charge in [-0.25, -0.2) is 0 Å². The van der Waals surface area contributed by atoms with E-state index in [1.165, 1.54) is 6.07 Å². The van der Waals surface area contributed by atoms with Crippen molar-refractivity contribution in [2.24, 2.45) is 0 Å². The van der Waals surface area contributed by atoms with Crippen LogP contribution >= 0.6 is 34.2 Å². The Morgan fingerprint density at radius 3 is 2.52 bits per heavy atom. The van der Waals surface area contributed by atoms with E-state index in [-0.39, 0.29) is 18.6 Å². The van der Waals surface area contributed by atoms with Crippen LogP contribution < -0.4 is 20.1 Å². The van der Waals surface area contributed by atoms with Gasteiger partial charge in [0.05, 0.1) is 15.2 Å². The van der Waals surface area contributed by atoms with Crippen LogP contribution in [0.4, 0.5) is 0 Å². The summed E-state index contributed by atoms with van der Waals surface area (Å²) in [6.45, 7) is 0.601. The molecule has 0 radical (unpaired) electrons. The van der Waals surface area contributed by atoms with E-state index in [2.05, 4.69) is 39.3 Å². The minimum atomic E-state index is -0.898. The molecule has 9 heteroatoms. The minimum absolute atomic E-state index is 0.225. The Labute approximate surface area is 210 Å². The lowest BCUT2D eigenvalue weighted by molar-refractivity contribution is -0.123. The van der Waals surface area contributed by atoms with E-state index in [4.69, 9.17) is 21.1 Å². The first-order chi connectivity index (χ1) is 15.9. The van der Waals surface area contributed by atoms with Crippen molar-refractivity contribution in [1.29, 1.82) is 5.26 Å². The first kappa shape index (κ1) is 23.4. The molecule has 0 spiro atoms. The SMILES string of the molecule is N#CC1(NC(=O)[C@@H]2Cc3ccc(c(I)c3)OCC=CCOc3ccc(Cl)cc3C(=O)N2)CC1. The van der Waals surface area contributed by atoms with Crippen LogP contribution in [0.2, 0.25) is 5.02 Å². The molecule has 3 aliphatic rings. The average Bonchev–Trinajstić information content (AvgIpc) is 3.56. The maximum absolute atomic E-state index is 13.2. The highest BCUT2D eigenvalue weighted by atomic mass is 127. The third kappa shape index (κ3) is 5.78. The molecule has 2 heterocycles. The summed E-state index contributed by atoms with van der Waals surface area (Å²) in [7, 11) is 0. The molecule has 2 amide bonds. The van der Waals surface area contributed by atoms with Gasteiger partial charge in [-0.2, -0.15) is 5.26 Å². The highest BCUT2D eigenvalue weighted by Crippen LogP contribution is 2.34. The van der Waals surface area contributed by atoms with Crippen LogP contribution in [0.5, 0.6) is 11.5 Å². The molecule has 2 bridgehead atoms. The maximum atomic E-state index is 13.2. The third-order valence-corrected chi connectivity index (χ3v) is 6.49. The highest BCUT2D eigenvalue weighted by Gasteiger charge is 2.45.